The molecule has 0 saturated heterocycles. The Kier molecular flexibility index (Phi) is 5.25. The number of H-pyrrole nitrogens is 1. The number of thioether (sulfide) groups is 1. The lowest BCUT2D eigenvalue weighted by Gasteiger charge is -2.08. The topological polar surface area (TPSA) is 72.8 Å². The van der Waals surface area contributed by atoms with Crippen molar-refractivity contribution in [2.75, 3.05) is 12.9 Å². The zero-order valence-corrected chi connectivity index (χ0v) is 16.0. The smallest absolute Gasteiger partial charge is 0.262 e. The summed E-state index contributed by atoms with van der Waals surface area (Å²) in [5, 5.41) is 5.33. The quantitative estimate of drug-likeness (QED) is 0.399. The van der Waals surface area contributed by atoms with E-state index in [1.54, 1.807) is 11.8 Å². The molecule has 0 aliphatic heterocycles. The second-order valence-electron chi connectivity index (χ2n) is 5.96. The van der Waals surface area contributed by atoms with Gasteiger partial charge in [-0.25, -0.2) is 9.67 Å². The molecule has 28 heavy (non-hydrogen) atoms. The van der Waals surface area contributed by atoms with Crippen molar-refractivity contribution in [2.45, 2.75) is 5.16 Å². The molecule has 6 nitrogen and oxygen atoms in total. The summed E-state index contributed by atoms with van der Waals surface area (Å²) in [6, 6.07) is 17.6. The molecule has 2 aromatic heterocycles. The molecule has 0 fully saturated rings. The molecule has 0 bridgehead atoms. The summed E-state index contributed by atoms with van der Waals surface area (Å²) in [4.78, 5) is 19.9. The summed E-state index contributed by atoms with van der Waals surface area (Å²) in [6.45, 7) is 0. The van der Waals surface area contributed by atoms with E-state index in [2.05, 4.69) is 15.1 Å². The lowest BCUT2D eigenvalue weighted by molar-refractivity contribution is 0.412. The predicted molar refractivity (Wildman–Crippen MR) is 112 cm³/mol. The van der Waals surface area contributed by atoms with E-state index in [1.165, 1.54) is 18.0 Å². The van der Waals surface area contributed by atoms with Crippen molar-refractivity contribution >= 4 is 28.9 Å². The molecule has 4 rings (SSSR count). The Morgan fingerprint density at radius 1 is 1.14 bits per heavy atom. The van der Waals surface area contributed by atoms with Gasteiger partial charge in [-0.3, -0.25) is 4.79 Å². The van der Waals surface area contributed by atoms with Gasteiger partial charge in [0.2, 0.25) is 0 Å². The van der Waals surface area contributed by atoms with Gasteiger partial charge < -0.3 is 9.72 Å². The molecule has 0 aliphatic carbocycles. The fourth-order valence-electron chi connectivity index (χ4n) is 2.82. The number of nitrogens with one attached hydrogen (secondary N) is 1. The lowest BCUT2D eigenvalue weighted by Crippen LogP contribution is -2.10. The van der Waals surface area contributed by atoms with Crippen LogP contribution in [0.2, 0.25) is 0 Å². The number of fused-ring (bicyclic) bond motifs is 1. The fraction of sp³-hybridized carbons (Fsp3) is 0.0952. The average molecular weight is 390 g/mol. The molecule has 0 radical (unpaired) electrons. The van der Waals surface area contributed by atoms with Gasteiger partial charge in [0.25, 0.3) is 5.56 Å². The van der Waals surface area contributed by atoms with E-state index in [9.17, 15) is 4.79 Å². The lowest BCUT2D eigenvalue weighted by atomic mass is 10.2. The molecule has 4 aromatic rings. The molecule has 0 amide bonds. The van der Waals surface area contributed by atoms with Gasteiger partial charge in [0.1, 0.15) is 16.8 Å². The van der Waals surface area contributed by atoms with E-state index in [0.29, 0.717) is 27.7 Å². The number of benzene rings is 2. The highest BCUT2D eigenvalue weighted by atomic mass is 32.2. The number of rotatable bonds is 6. The van der Waals surface area contributed by atoms with Crippen LogP contribution in [0.5, 0.6) is 5.75 Å². The molecule has 0 atom stereocenters. The number of methoxy groups -OCH3 is 1. The van der Waals surface area contributed by atoms with Gasteiger partial charge in [-0.15, -0.1) is 0 Å². The first-order valence-electron chi connectivity index (χ1n) is 8.72. The van der Waals surface area contributed by atoms with Crippen LogP contribution in [-0.2, 0) is 0 Å². The average Bonchev–Trinajstić information content (AvgIpc) is 3.16. The van der Waals surface area contributed by atoms with Crippen LogP contribution in [-0.4, -0.2) is 32.6 Å². The Bertz CT molecular complexity index is 1180. The monoisotopic (exact) mass is 390 g/mol. The summed E-state index contributed by atoms with van der Waals surface area (Å²) < 4.78 is 7.04. The summed E-state index contributed by atoms with van der Waals surface area (Å²) >= 11 is 1.46. The number of nitrogens with zero attached hydrogens (tertiary/aromatic N) is 3. The van der Waals surface area contributed by atoms with Gasteiger partial charge >= 0.3 is 0 Å². The van der Waals surface area contributed by atoms with Crippen molar-refractivity contribution in [1.29, 1.82) is 0 Å². The van der Waals surface area contributed by atoms with Crippen LogP contribution in [0.4, 0.5) is 0 Å². The molecule has 2 heterocycles. The third-order valence-corrected chi connectivity index (χ3v) is 4.98. The first-order chi connectivity index (χ1) is 13.8. The van der Waals surface area contributed by atoms with Gasteiger partial charge in [-0.1, -0.05) is 66.4 Å². The number of ether oxygens (including phenoxy) is 1. The van der Waals surface area contributed by atoms with E-state index in [0.717, 1.165) is 11.3 Å². The predicted octanol–water partition coefficient (Wildman–Crippen LogP) is 3.92. The second kappa shape index (κ2) is 8.14. The molecule has 0 spiro atoms. The Morgan fingerprint density at radius 3 is 2.75 bits per heavy atom. The highest BCUT2D eigenvalue weighted by Gasteiger charge is 2.14. The van der Waals surface area contributed by atoms with E-state index < -0.39 is 0 Å². The molecule has 0 saturated carbocycles. The summed E-state index contributed by atoms with van der Waals surface area (Å²) in [5.74, 6) is 1.35. The van der Waals surface area contributed by atoms with Gasteiger partial charge in [0.15, 0.2) is 10.8 Å². The zero-order valence-electron chi connectivity index (χ0n) is 15.2. The van der Waals surface area contributed by atoms with E-state index in [4.69, 9.17) is 4.74 Å². The number of aromatic nitrogens is 4. The van der Waals surface area contributed by atoms with E-state index in [-0.39, 0.29) is 5.56 Å². The summed E-state index contributed by atoms with van der Waals surface area (Å²) in [7, 11) is 1.60. The number of para-hydroxylation sites is 2. The largest absolute Gasteiger partial charge is 0.494 e. The SMILES string of the molecule is COc1ccccc1-n1ncc2c(=O)[nH]c(SCC=Cc3ccccc3)nc21. The first kappa shape index (κ1) is 18.1. The molecule has 7 heteroatoms. The van der Waals surface area contributed by atoms with Gasteiger partial charge in [0, 0.05) is 5.75 Å². The van der Waals surface area contributed by atoms with Crippen LogP contribution < -0.4 is 10.3 Å². The van der Waals surface area contributed by atoms with Gasteiger partial charge in [-0.05, 0) is 17.7 Å². The zero-order chi connectivity index (χ0) is 19.3. The van der Waals surface area contributed by atoms with Crippen LogP contribution in [0.3, 0.4) is 0 Å². The minimum atomic E-state index is -0.208. The summed E-state index contributed by atoms with van der Waals surface area (Å²) in [5.41, 5.74) is 2.16. The first-order valence-corrected chi connectivity index (χ1v) is 9.70. The fourth-order valence-corrected chi connectivity index (χ4v) is 3.49. The van der Waals surface area contributed by atoms with Crippen LogP contribution >= 0.6 is 11.8 Å². The standard InChI is InChI=1S/C21H18N4O2S/c1-27-18-12-6-5-11-17(18)25-19-16(14-22-25)20(26)24-21(23-19)28-13-7-10-15-8-3-2-4-9-15/h2-12,14H,13H2,1H3,(H,23,24,26). The molecular formula is C21H18N4O2S. The van der Waals surface area contributed by atoms with E-state index >= 15 is 0 Å². The molecule has 1 N–H and O–H groups in total. The number of hydrogen-bond donors (Lipinski definition) is 1. The van der Waals surface area contributed by atoms with Crippen molar-refractivity contribution < 1.29 is 4.74 Å². The Labute approximate surface area is 165 Å². The van der Waals surface area contributed by atoms with E-state index in [1.807, 2.05) is 66.7 Å². The Morgan fingerprint density at radius 2 is 1.93 bits per heavy atom. The highest BCUT2D eigenvalue weighted by Crippen LogP contribution is 2.24. The second-order valence-corrected chi connectivity index (χ2v) is 6.97. The molecule has 0 aliphatic rings. The van der Waals surface area contributed by atoms with Crippen molar-refractivity contribution in [1.82, 2.24) is 19.7 Å². The third-order valence-electron chi connectivity index (χ3n) is 4.16. The van der Waals surface area contributed by atoms with Gasteiger partial charge in [0.05, 0.1) is 13.3 Å². The van der Waals surface area contributed by atoms with Crippen molar-refractivity contribution in [3.63, 3.8) is 0 Å². The highest BCUT2D eigenvalue weighted by molar-refractivity contribution is 7.99. The Balaban J connectivity index is 1.62. The minimum absolute atomic E-state index is 0.208. The van der Waals surface area contributed by atoms with Crippen LogP contribution in [0, 0.1) is 0 Å². The molecule has 0 unspecified atom stereocenters. The Hall–Kier alpha value is -3.32. The normalized spacial score (nSPS) is 11.3. The van der Waals surface area contributed by atoms with Crippen LogP contribution in [0.15, 0.2) is 76.8 Å². The van der Waals surface area contributed by atoms with Crippen molar-refractivity contribution in [2.24, 2.45) is 0 Å². The van der Waals surface area contributed by atoms with Crippen molar-refractivity contribution in [3.8, 4) is 11.4 Å². The maximum atomic E-state index is 12.4. The van der Waals surface area contributed by atoms with Gasteiger partial charge in [-0.2, -0.15) is 5.10 Å². The maximum absolute atomic E-state index is 12.4. The van der Waals surface area contributed by atoms with Crippen molar-refractivity contribution in [3.05, 3.63) is 82.8 Å². The summed E-state index contributed by atoms with van der Waals surface area (Å²) in [6.07, 6.45) is 5.61. The molecular weight excluding hydrogens is 372 g/mol. The number of hydrogen-bond acceptors (Lipinski definition) is 5. The van der Waals surface area contributed by atoms with Crippen LogP contribution in [0.1, 0.15) is 5.56 Å². The minimum Gasteiger partial charge on any atom is -0.494 e. The number of aromatic amines is 1. The van der Waals surface area contributed by atoms with Crippen LogP contribution in [0.25, 0.3) is 22.8 Å². The maximum Gasteiger partial charge on any atom is 0.262 e. The molecule has 2 aromatic carbocycles. The molecule has 140 valence electrons. The third kappa shape index (κ3) is 3.70.